The van der Waals surface area contributed by atoms with E-state index in [9.17, 15) is 14.4 Å². The number of piperidine rings is 1. The molecule has 0 saturated carbocycles. The van der Waals surface area contributed by atoms with Crippen molar-refractivity contribution in [3.8, 4) is 0 Å². The summed E-state index contributed by atoms with van der Waals surface area (Å²) < 4.78 is 0. The van der Waals surface area contributed by atoms with Gasteiger partial charge in [-0.25, -0.2) is 0 Å². The highest BCUT2D eigenvalue weighted by Crippen LogP contribution is 2.21. The van der Waals surface area contributed by atoms with Crippen LogP contribution in [0.25, 0.3) is 0 Å². The van der Waals surface area contributed by atoms with Gasteiger partial charge in [0.1, 0.15) is 6.04 Å². The van der Waals surface area contributed by atoms with Crippen molar-refractivity contribution in [2.75, 3.05) is 26.7 Å². The third-order valence-electron chi connectivity index (χ3n) is 7.37. The average molecular weight is 523 g/mol. The van der Waals surface area contributed by atoms with Gasteiger partial charge >= 0.3 is 0 Å². The fourth-order valence-corrected chi connectivity index (χ4v) is 5.00. The third kappa shape index (κ3) is 10.8. The van der Waals surface area contributed by atoms with Crippen LogP contribution in [0.4, 0.5) is 0 Å². The van der Waals surface area contributed by atoms with Crippen LogP contribution in [0.15, 0.2) is 11.6 Å². The second-order valence-electron chi connectivity index (χ2n) is 11.5. The van der Waals surface area contributed by atoms with Crippen LogP contribution in [-0.2, 0) is 14.4 Å². The molecule has 0 aromatic heterocycles. The van der Waals surface area contributed by atoms with Crippen LogP contribution in [0.5, 0.6) is 0 Å². The predicted octanol–water partition coefficient (Wildman–Crippen LogP) is 3.49. The summed E-state index contributed by atoms with van der Waals surface area (Å²) in [7, 11) is 1.76. The first-order valence-electron chi connectivity index (χ1n) is 14.3. The molecule has 1 aliphatic heterocycles. The van der Waals surface area contributed by atoms with E-state index in [0.29, 0.717) is 12.1 Å². The highest BCUT2D eigenvalue weighted by molar-refractivity contribution is 5.93. The number of hydrogen-bond donors (Lipinski definition) is 3. The molecule has 3 N–H and O–H groups in total. The summed E-state index contributed by atoms with van der Waals surface area (Å²) in [4.78, 5) is 43.5. The fraction of sp³-hybridized carbons (Fsp3) is 0.828. The molecule has 8 nitrogen and oxygen atoms in total. The molecule has 1 fully saturated rings. The van der Waals surface area contributed by atoms with Gasteiger partial charge in [-0.15, -0.1) is 0 Å². The molecule has 0 aromatic rings. The maximum atomic E-state index is 13.7. The lowest BCUT2D eigenvalue weighted by Crippen LogP contribution is -2.58. The average Bonchev–Trinajstić information content (AvgIpc) is 2.86. The number of likely N-dealkylation sites (tertiary alicyclic amines) is 1. The molecule has 0 radical (unpaired) electrons. The monoisotopic (exact) mass is 522 g/mol. The number of aliphatic hydroxyl groups is 1. The van der Waals surface area contributed by atoms with Gasteiger partial charge in [0, 0.05) is 31.8 Å². The van der Waals surface area contributed by atoms with Crippen LogP contribution < -0.4 is 10.6 Å². The lowest BCUT2D eigenvalue weighted by molar-refractivity contribution is -0.140. The zero-order valence-electron chi connectivity index (χ0n) is 24.7. The van der Waals surface area contributed by atoms with E-state index in [1.165, 1.54) is 0 Å². The largest absolute Gasteiger partial charge is 0.396 e. The molecule has 2 unspecified atom stereocenters. The number of carbonyl (C=O) groups excluding carboxylic acids is 3. The molecule has 1 aliphatic rings. The molecule has 0 aliphatic carbocycles. The third-order valence-corrected chi connectivity index (χ3v) is 7.37. The quantitative estimate of drug-likeness (QED) is 0.226. The Morgan fingerprint density at radius 1 is 1.00 bits per heavy atom. The minimum atomic E-state index is -0.629. The first kappa shape index (κ1) is 33.1. The fourth-order valence-electron chi connectivity index (χ4n) is 5.00. The Morgan fingerprint density at radius 2 is 1.65 bits per heavy atom. The summed E-state index contributed by atoms with van der Waals surface area (Å²) in [5.41, 5.74) is 0.577. The molecule has 3 amide bonds. The van der Waals surface area contributed by atoms with Crippen LogP contribution in [0, 0.1) is 11.8 Å². The van der Waals surface area contributed by atoms with E-state index < -0.39 is 6.04 Å². The Bertz CT molecular complexity index is 750. The Hall–Kier alpha value is -1.93. The van der Waals surface area contributed by atoms with Crippen molar-refractivity contribution in [1.82, 2.24) is 20.4 Å². The molecule has 214 valence electrons. The number of rotatable bonds is 15. The zero-order chi connectivity index (χ0) is 28.1. The molecule has 0 bridgehead atoms. The Kier molecular flexibility index (Phi) is 15.0. The summed E-state index contributed by atoms with van der Waals surface area (Å²) in [6.45, 7) is 15.7. The number of hydrogen-bond acceptors (Lipinski definition) is 5. The van der Waals surface area contributed by atoms with Gasteiger partial charge in [-0.1, -0.05) is 53.0 Å². The summed E-state index contributed by atoms with van der Waals surface area (Å²) in [5.74, 6) is -0.314. The van der Waals surface area contributed by atoms with E-state index in [1.807, 2.05) is 33.8 Å². The molecular formula is C29H54N4O4. The molecular weight excluding hydrogens is 468 g/mol. The first-order chi connectivity index (χ1) is 17.4. The molecule has 0 aromatic carbocycles. The van der Waals surface area contributed by atoms with Crippen molar-refractivity contribution in [3.05, 3.63) is 11.6 Å². The van der Waals surface area contributed by atoms with Crippen LogP contribution >= 0.6 is 0 Å². The topological polar surface area (TPSA) is 102 Å². The van der Waals surface area contributed by atoms with Crippen molar-refractivity contribution < 1.29 is 19.5 Å². The molecule has 1 saturated heterocycles. The van der Waals surface area contributed by atoms with Gasteiger partial charge in [0.05, 0.1) is 12.1 Å². The van der Waals surface area contributed by atoms with E-state index in [1.54, 1.807) is 18.9 Å². The van der Waals surface area contributed by atoms with E-state index in [2.05, 4.69) is 29.4 Å². The highest BCUT2D eigenvalue weighted by Gasteiger charge is 2.36. The Morgan fingerprint density at radius 3 is 2.22 bits per heavy atom. The summed E-state index contributed by atoms with van der Waals surface area (Å²) in [6, 6.07) is -0.834. The second kappa shape index (κ2) is 16.8. The van der Waals surface area contributed by atoms with Gasteiger partial charge in [0.15, 0.2) is 0 Å². The van der Waals surface area contributed by atoms with E-state index >= 15 is 0 Å². The van der Waals surface area contributed by atoms with E-state index in [0.717, 1.165) is 51.5 Å². The van der Waals surface area contributed by atoms with Gasteiger partial charge in [0.2, 0.25) is 17.7 Å². The lowest BCUT2D eigenvalue weighted by atomic mass is 9.95. The second-order valence-corrected chi connectivity index (χ2v) is 11.5. The first-order valence-corrected chi connectivity index (χ1v) is 14.3. The number of amides is 3. The van der Waals surface area contributed by atoms with Gasteiger partial charge in [0.25, 0.3) is 0 Å². The lowest BCUT2D eigenvalue weighted by Gasteiger charge is -2.39. The summed E-state index contributed by atoms with van der Waals surface area (Å²) >= 11 is 0. The SMILES string of the molecule is C/C(=C\[C@H](C(C)C)N(C)C(=O)C(NC(=O)C1CCCCN1C(C)C)C(C)C)C(=O)NCCCCCCO. The predicted molar refractivity (Wildman–Crippen MR) is 150 cm³/mol. The van der Waals surface area contributed by atoms with Crippen LogP contribution in [0.1, 0.15) is 93.4 Å². The zero-order valence-corrected chi connectivity index (χ0v) is 24.7. The van der Waals surface area contributed by atoms with Crippen molar-refractivity contribution in [1.29, 1.82) is 0 Å². The number of nitrogens with zero attached hydrogens (tertiary/aromatic N) is 2. The normalized spacial score (nSPS) is 18.7. The number of aliphatic hydroxyl groups excluding tert-OH is 1. The van der Waals surface area contributed by atoms with Crippen LogP contribution in [-0.4, -0.2) is 83.5 Å². The van der Waals surface area contributed by atoms with Crippen molar-refractivity contribution in [3.63, 3.8) is 0 Å². The number of nitrogens with one attached hydrogen (secondary N) is 2. The van der Waals surface area contributed by atoms with Gasteiger partial charge in [-0.05, 0) is 64.8 Å². The van der Waals surface area contributed by atoms with Crippen molar-refractivity contribution >= 4 is 17.7 Å². The number of likely N-dealkylation sites (N-methyl/N-ethyl adjacent to an activating group) is 1. The molecule has 8 heteroatoms. The van der Waals surface area contributed by atoms with Crippen molar-refractivity contribution in [2.24, 2.45) is 11.8 Å². The minimum Gasteiger partial charge on any atom is -0.396 e. The Balaban J connectivity index is 2.90. The molecule has 37 heavy (non-hydrogen) atoms. The Labute approximate surface area is 225 Å². The molecule has 0 spiro atoms. The van der Waals surface area contributed by atoms with Gasteiger partial charge in [-0.2, -0.15) is 0 Å². The maximum Gasteiger partial charge on any atom is 0.246 e. The molecule has 1 heterocycles. The molecule has 3 atom stereocenters. The minimum absolute atomic E-state index is 0.0676. The van der Waals surface area contributed by atoms with Gasteiger partial charge in [-0.3, -0.25) is 19.3 Å². The smallest absolute Gasteiger partial charge is 0.246 e. The number of carbonyl (C=O) groups is 3. The van der Waals surface area contributed by atoms with Crippen LogP contribution in [0.2, 0.25) is 0 Å². The van der Waals surface area contributed by atoms with Crippen LogP contribution in [0.3, 0.4) is 0 Å². The number of unbranched alkanes of at least 4 members (excludes halogenated alkanes) is 3. The van der Waals surface area contributed by atoms with E-state index in [4.69, 9.17) is 5.11 Å². The standard InChI is InChI=1S/C29H54N4O4/c1-20(2)25(19-23(7)27(35)30-16-12-9-10-14-18-34)32(8)29(37)26(21(3)4)31-28(36)24-15-11-13-17-33(24)22(5)6/h19-22,24-26,34H,9-18H2,1-8H3,(H,30,35)(H,31,36)/b23-19+/t24?,25-,26?/m1/s1. The van der Waals surface area contributed by atoms with Crippen molar-refractivity contribution in [2.45, 2.75) is 118 Å². The van der Waals surface area contributed by atoms with Gasteiger partial charge < -0.3 is 20.6 Å². The molecule has 1 rings (SSSR count). The van der Waals surface area contributed by atoms with E-state index in [-0.39, 0.29) is 54.3 Å². The maximum absolute atomic E-state index is 13.7. The summed E-state index contributed by atoms with van der Waals surface area (Å²) in [6.07, 6.45) is 8.37. The summed E-state index contributed by atoms with van der Waals surface area (Å²) in [5, 5.41) is 14.9. The highest BCUT2D eigenvalue weighted by atomic mass is 16.3.